The lowest BCUT2D eigenvalue weighted by atomic mass is 9.99. The molecule has 1 aliphatic heterocycles. The summed E-state index contributed by atoms with van der Waals surface area (Å²) in [7, 11) is 0. The highest BCUT2D eigenvalue weighted by molar-refractivity contribution is 5.91. The van der Waals surface area contributed by atoms with Crippen molar-refractivity contribution in [3.05, 3.63) is 12.0 Å². The number of nitrogens with zero attached hydrogens (tertiary/aromatic N) is 1. The molecule has 19 heavy (non-hydrogen) atoms. The molecule has 8 heteroatoms. The summed E-state index contributed by atoms with van der Waals surface area (Å²) in [6.45, 7) is 2.35. The first kappa shape index (κ1) is 13.9. The van der Waals surface area contributed by atoms with Crippen LogP contribution in [0.15, 0.2) is 10.7 Å². The van der Waals surface area contributed by atoms with Crippen LogP contribution in [-0.2, 0) is 15.7 Å². The van der Waals surface area contributed by atoms with Gasteiger partial charge in [0.2, 0.25) is 5.91 Å². The molecule has 1 fully saturated rings. The number of aromatic nitrogens is 1. The van der Waals surface area contributed by atoms with Crippen LogP contribution in [0.25, 0.3) is 0 Å². The molecule has 2 heterocycles. The van der Waals surface area contributed by atoms with Gasteiger partial charge in [0.25, 0.3) is 0 Å². The minimum atomic E-state index is -4.59. The highest BCUT2D eigenvalue weighted by Gasteiger charge is 2.36. The molecule has 0 radical (unpaired) electrons. The fourth-order valence-electron chi connectivity index (χ4n) is 2.01. The molecule has 2 atom stereocenters. The number of carbonyl (C=O) groups excluding carboxylic acids is 1. The predicted octanol–water partition coefficient (Wildman–Crippen LogP) is 2.45. The molecular formula is C11H13F3N2O3. The van der Waals surface area contributed by atoms with Gasteiger partial charge in [0.15, 0.2) is 5.69 Å². The summed E-state index contributed by atoms with van der Waals surface area (Å²) in [4.78, 5) is 15.0. The van der Waals surface area contributed by atoms with E-state index in [4.69, 9.17) is 4.74 Å². The SMILES string of the molecule is CC[C@@H]1OCC[C@H]1C(=O)Nc1nc(C(F)(F)F)co1. The average Bonchev–Trinajstić information content (AvgIpc) is 2.95. The standard InChI is InChI=1S/C11H13F3N2O3/c1-2-7-6(3-4-18-7)9(17)16-10-15-8(5-19-10)11(12,13)14/h5-7H,2-4H2,1H3,(H,15,16,17)/t6-,7+/m1/s1. The van der Waals surface area contributed by atoms with E-state index in [0.717, 1.165) is 0 Å². The number of carbonyl (C=O) groups is 1. The van der Waals surface area contributed by atoms with E-state index in [1.165, 1.54) is 0 Å². The van der Waals surface area contributed by atoms with Gasteiger partial charge in [0, 0.05) is 6.61 Å². The van der Waals surface area contributed by atoms with Crippen LogP contribution in [-0.4, -0.2) is 23.6 Å². The van der Waals surface area contributed by atoms with Crippen molar-refractivity contribution in [1.82, 2.24) is 4.98 Å². The quantitative estimate of drug-likeness (QED) is 0.922. The van der Waals surface area contributed by atoms with Crippen LogP contribution >= 0.6 is 0 Å². The molecule has 0 spiro atoms. The van der Waals surface area contributed by atoms with Gasteiger partial charge < -0.3 is 9.15 Å². The van der Waals surface area contributed by atoms with E-state index in [1.807, 2.05) is 6.92 Å². The Hall–Kier alpha value is -1.57. The summed E-state index contributed by atoms with van der Waals surface area (Å²) in [6.07, 6.45) is -3.13. The molecule has 5 nitrogen and oxygen atoms in total. The van der Waals surface area contributed by atoms with E-state index in [2.05, 4.69) is 14.7 Å². The molecule has 0 aromatic carbocycles. The van der Waals surface area contributed by atoms with Crippen molar-refractivity contribution < 1.29 is 27.1 Å². The molecule has 2 rings (SSSR count). The van der Waals surface area contributed by atoms with E-state index >= 15 is 0 Å². The number of alkyl halides is 3. The van der Waals surface area contributed by atoms with Gasteiger partial charge in [-0.05, 0) is 12.8 Å². The largest absolute Gasteiger partial charge is 0.436 e. The Balaban J connectivity index is 2.01. The monoisotopic (exact) mass is 278 g/mol. The van der Waals surface area contributed by atoms with Crippen molar-refractivity contribution >= 4 is 11.9 Å². The lowest BCUT2D eigenvalue weighted by molar-refractivity contribution is -0.141. The van der Waals surface area contributed by atoms with Gasteiger partial charge in [-0.3, -0.25) is 10.1 Å². The fraction of sp³-hybridized carbons (Fsp3) is 0.636. The van der Waals surface area contributed by atoms with Crippen LogP contribution in [0.5, 0.6) is 0 Å². The maximum absolute atomic E-state index is 12.3. The number of ether oxygens (including phenoxy) is 1. The van der Waals surface area contributed by atoms with Crippen LogP contribution in [0.2, 0.25) is 0 Å². The number of hydrogen-bond donors (Lipinski definition) is 1. The van der Waals surface area contributed by atoms with E-state index in [9.17, 15) is 18.0 Å². The molecule has 1 N–H and O–H groups in total. The van der Waals surface area contributed by atoms with Gasteiger partial charge in [0.05, 0.1) is 12.0 Å². The average molecular weight is 278 g/mol. The third kappa shape index (κ3) is 3.06. The first-order valence-electron chi connectivity index (χ1n) is 5.87. The molecule has 1 saturated heterocycles. The Morgan fingerprint density at radius 3 is 2.89 bits per heavy atom. The Morgan fingerprint density at radius 2 is 2.32 bits per heavy atom. The first-order chi connectivity index (χ1) is 8.91. The second-order valence-electron chi connectivity index (χ2n) is 4.24. The fourth-order valence-corrected chi connectivity index (χ4v) is 2.01. The van der Waals surface area contributed by atoms with E-state index < -0.39 is 23.8 Å². The Kier molecular flexibility index (Phi) is 3.79. The third-order valence-electron chi connectivity index (χ3n) is 2.97. The molecule has 0 bridgehead atoms. The van der Waals surface area contributed by atoms with Crippen molar-refractivity contribution in [2.45, 2.75) is 32.0 Å². The van der Waals surface area contributed by atoms with Crippen LogP contribution in [0.4, 0.5) is 19.2 Å². The van der Waals surface area contributed by atoms with Gasteiger partial charge in [0.1, 0.15) is 6.26 Å². The normalized spacial score (nSPS) is 23.6. The van der Waals surface area contributed by atoms with Gasteiger partial charge in [-0.15, -0.1) is 0 Å². The zero-order valence-corrected chi connectivity index (χ0v) is 10.2. The minimum absolute atomic E-state index is 0.211. The van der Waals surface area contributed by atoms with Crippen LogP contribution in [0.1, 0.15) is 25.5 Å². The lowest BCUT2D eigenvalue weighted by Crippen LogP contribution is -2.29. The summed E-state index contributed by atoms with van der Waals surface area (Å²) < 4.78 is 46.8. The summed E-state index contributed by atoms with van der Waals surface area (Å²) in [5.41, 5.74) is -1.17. The Morgan fingerprint density at radius 1 is 1.58 bits per heavy atom. The second-order valence-corrected chi connectivity index (χ2v) is 4.24. The zero-order valence-electron chi connectivity index (χ0n) is 10.2. The van der Waals surface area contributed by atoms with E-state index in [1.54, 1.807) is 0 Å². The summed E-state index contributed by atoms with van der Waals surface area (Å²) in [6, 6.07) is -0.445. The molecule has 0 aliphatic carbocycles. The maximum atomic E-state index is 12.3. The maximum Gasteiger partial charge on any atom is 0.436 e. The molecular weight excluding hydrogens is 265 g/mol. The Bertz CT molecular complexity index is 458. The van der Waals surface area contributed by atoms with Crippen LogP contribution in [0, 0.1) is 5.92 Å². The molecule has 0 unspecified atom stereocenters. The van der Waals surface area contributed by atoms with Gasteiger partial charge >= 0.3 is 12.2 Å². The number of halogens is 3. The first-order valence-corrected chi connectivity index (χ1v) is 5.87. The number of oxazole rings is 1. The summed E-state index contributed by atoms with van der Waals surface area (Å²) in [5, 5.41) is 2.24. The zero-order chi connectivity index (χ0) is 14.0. The van der Waals surface area contributed by atoms with Gasteiger partial charge in [-0.1, -0.05) is 6.92 Å². The molecule has 1 aromatic heterocycles. The smallest absolute Gasteiger partial charge is 0.431 e. The molecule has 1 amide bonds. The third-order valence-corrected chi connectivity index (χ3v) is 2.97. The van der Waals surface area contributed by atoms with Crippen molar-refractivity contribution in [2.75, 3.05) is 11.9 Å². The van der Waals surface area contributed by atoms with E-state index in [-0.39, 0.29) is 12.0 Å². The van der Waals surface area contributed by atoms with Crippen molar-refractivity contribution in [3.8, 4) is 0 Å². The predicted molar refractivity (Wildman–Crippen MR) is 58.3 cm³/mol. The lowest BCUT2D eigenvalue weighted by Gasteiger charge is -2.14. The molecule has 0 saturated carbocycles. The molecule has 1 aromatic rings. The number of nitrogens with one attached hydrogen (secondary N) is 1. The van der Waals surface area contributed by atoms with Gasteiger partial charge in [-0.25, -0.2) is 0 Å². The van der Waals surface area contributed by atoms with E-state index in [0.29, 0.717) is 25.7 Å². The van der Waals surface area contributed by atoms with Crippen LogP contribution < -0.4 is 5.32 Å². The van der Waals surface area contributed by atoms with Crippen molar-refractivity contribution in [2.24, 2.45) is 5.92 Å². The van der Waals surface area contributed by atoms with Crippen molar-refractivity contribution in [1.29, 1.82) is 0 Å². The number of amides is 1. The second kappa shape index (κ2) is 5.20. The van der Waals surface area contributed by atoms with Crippen molar-refractivity contribution in [3.63, 3.8) is 0 Å². The van der Waals surface area contributed by atoms with Crippen LogP contribution in [0.3, 0.4) is 0 Å². The summed E-state index contributed by atoms with van der Waals surface area (Å²) in [5.74, 6) is -0.814. The topological polar surface area (TPSA) is 64.4 Å². The number of hydrogen-bond acceptors (Lipinski definition) is 4. The minimum Gasteiger partial charge on any atom is -0.431 e. The summed E-state index contributed by atoms with van der Waals surface area (Å²) >= 11 is 0. The number of anilines is 1. The number of rotatable bonds is 3. The molecule has 1 aliphatic rings. The Labute approximate surface area is 107 Å². The highest BCUT2D eigenvalue weighted by Crippen LogP contribution is 2.30. The molecule has 106 valence electrons. The highest BCUT2D eigenvalue weighted by atomic mass is 19.4. The van der Waals surface area contributed by atoms with Gasteiger partial charge in [-0.2, -0.15) is 18.2 Å².